The van der Waals surface area contributed by atoms with Crippen molar-refractivity contribution in [2.45, 2.75) is 19.4 Å². The summed E-state index contributed by atoms with van der Waals surface area (Å²) in [6, 6.07) is 15.0. The average Bonchev–Trinajstić information content (AvgIpc) is 3.52. The Labute approximate surface area is 192 Å². The molecule has 32 heavy (non-hydrogen) atoms. The standard InChI is InChI=1S/C24H17ClN2O4S/c1-2-13-5-10-16-18(12-13)32-24(26-16)27-20(14-6-8-15(25)9-7-14)19(22(29)23(27)30)21(28)17-4-3-11-31-17/h3-12,20,29H,2H2,1H3/t20-/m1/s1. The summed E-state index contributed by atoms with van der Waals surface area (Å²) in [5, 5.41) is 11.7. The normalized spacial score (nSPS) is 16.4. The van der Waals surface area contributed by atoms with Crippen LogP contribution in [0.2, 0.25) is 5.02 Å². The van der Waals surface area contributed by atoms with Crippen molar-refractivity contribution in [1.82, 2.24) is 4.98 Å². The minimum atomic E-state index is -0.872. The van der Waals surface area contributed by atoms with Gasteiger partial charge in [-0.2, -0.15) is 0 Å². The number of aromatic nitrogens is 1. The average molecular weight is 465 g/mol. The fourth-order valence-electron chi connectivity index (χ4n) is 3.82. The second-order valence-electron chi connectivity index (χ2n) is 7.35. The van der Waals surface area contributed by atoms with Gasteiger partial charge in [-0.25, -0.2) is 4.98 Å². The molecule has 1 aliphatic rings. The van der Waals surface area contributed by atoms with Crippen molar-refractivity contribution < 1.29 is 19.1 Å². The zero-order chi connectivity index (χ0) is 22.4. The van der Waals surface area contributed by atoms with Crippen LogP contribution in [0.3, 0.4) is 0 Å². The summed E-state index contributed by atoms with van der Waals surface area (Å²) in [4.78, 5) is 32.4. The number of hydrogen-bond acceptors (Lipinski definition) is 6. The van der Waals surface area contributed by atoms with Gasteiger partial charge >= 0.3 is 0 Å². The van der Waals surface area contributed by atoms with Crippen LogP contribution in [0.1, 0.15) is 34.6 Å². The zero-order valence-electron chi connectivity index (χ0n) is 16.9. The Morgan fingerprint density at radius 3 is 2.69 bits per heavy atom. The predicted octanol–water partition coefficient (Wildman–Crippen LogP) is 5.89. The molecule has 3 heterocycles. The van der Waals surface area contributed by atoms with Gasteiger partial charge in [0.15, 0.2) is 16.7 Å². The number of fused-ring (bicyclic) bond motifs is 1. The van der Waals surface area contributed by atoms with E-state index in [0.717, 1.165) is 22.2 Å². The van der Waals surface area contributed by atoms with Crippen molar-refractivity contribution in [2.75, 3.05) is 4.90 Å². The van der Waals surface area contributed by atoms with E-state index in [2.05, 4.69) is 11.9 Å². The first-order chi connectivity index (χ1) is 15.5. The van der Waals surface area contributed by atoms with Crippen LogP contribution in [0.4, 0.5) is 5.13 Å². The van der Waals surface area contributed by atoms with Crippen molar-refractivity contribution in [2.24, 2.45) is 0 Å². The van der Waals surface area contributed by atoms with Gasteiger partial charge < -0.3 is 9.52 Å². The number of benzene rings is 2. The highest BCUT2D eigenvalue weighted by atomic mass is 35.5. The second-order valence-corrected chi connectivity index (χ2v) is 8.80. The zero-order valence-corrected chi connectivity index (χ0v) is 18.5. The van der Waals surface area contributed by atoms with Crippen LogP contribution >= 0.6 is 22.9 Å². The molecule has 160 valence electrons. The molecule has 5 rings (SSSR count). The molecule has 8 heteroatoms. The number of amides is 1. The Kier molecular flexibility index (Phi) is 5.07. The van der Waals surface area contributed by atoms with E-state index in [1.165, 1.54) is 28.6 Å². The number of carbonyl (C=O) groups excluding carboxylic acids is 2. The number of ketones is 1. The van der Waals surface area contributed by atoms with Gasteiger partial charge in [-0.3, -0.25) is 14.5 Å². The van der Waals surface area contributed by atoms with Gasteiger partial charge in [-0.1, -0.05) is 48.1 Å². The molecule has 1 N–H and O–H groups in total. The van der Waals surface area contributed by atoms with Gasteiger partial charge in [0.2, 0.25) is 5.78 Å². The molecular formula is C24H17ClN2O4S. The summed E-state index contributed by atoms with van der Waals surface area (Å²) in [6.07, 6.45) is 2.25. The molecule has 6 nitrogen and oxygen atoms in total. The highest BCUT2D eigenvalue weighted by Gasteiger charge is 2.46. The fraction of sp³-hybridized carbons (Fsp3) is 0.125. The molecule has 0 fully saturated rings. The van der Waals surface area contributed by atoms with E-state index in [1.54, 1.807) is 30.3 Å². The molecule has 2 aromatic carbocycles. The first-order valence-corrected chi connectivity index (χ1v) is 11.2. The van der Waals surface area contributed by atoms with E-state index < -0.39 is 23.5 Å². The minimum absolute atomic E-state index is 0.0389. The van der Waals surface area contributed by atoms with Crippen molar-refractivity contribution in [1.29, 1.82) is 0 Å². The van der Waals surface area contributed by atoms with E-state index >= 15 is 0 Å². The third-order valence-corrected chi connectivity index (χ3v) is 6.71. The van der Waals surface area contributed by atoms with Gasteiger partial charge in [0.1, 0.15) is 0 Å². The molecule has 1 aliphatic heterocycles. The van der Waals surface area contributed by atoms with E-state index in [4.69, 9.17) is 16.0 Å². The number of carbonyl (C=O) groups is 2. The Morgan fingerprint density at radius 1 is 1.22 bits per heavy atom. The minimum Gasteiger partial charge on any atom is -0.503 e. The Morgan fingerprint density at radius 2 is 2.00 bits per heavy atom. The summed E-state index contributed by atoms with van der Waals surface area (Å²) in [5.41, 5.74) is 2.47. The number of thiazole rings is 1. The van der Waals surface area contributed by atoms with E-state index in [9.17, 15) is 14.7 Å². The largest absolute Gasteiger partial charge is 0.503 e. The third kappa shape index (κ3) is 3.30. The van der Waals surface area contributed by atoms with Crippen molar-refractivity contribution >= 4 is 50.0 Å². The first kappa shape index (κ1) is 20.5. The molecule has 0 bridgehead atoms. The molecule has 0 unspecified atom stereocenters. The van der Waals surface area contributed by atoms with Gasteiger partial charge in [0.25, 0.3) is 5.91 Å². The predicted molar refractivity (Wildman–Crippen MR) is 123 cm³/mol. The Bertz CT molecular complexity index is 1370. The number of rotatable bonds is 5. The van der Waals surface area contributed by atoms with Crippen LogP contribution in [-0.2, 0) is 11.2 Å². The molecule has 0 aliphatic carbocycles. The van der Waals surface area contributed by atoms with Crippen molar-refractivity contribution in [3.63, 3.8) is 0 Å². The number of aryl methyl sites for hydroxylation is 1. The number of aliphatic hydroxyl groups is 1. The van der Waals surface area contributed by atoms with Crippen LogP contribution in [0, 0.1) is 0 Å². The Balaban J connectivity index is 1.67. The SMILES string of the molecule is CCc1ccc2nc(N3C(=O)C(O)=C(C(=O)c4ccco4)[C@H]3c3ccc(Cl)cc3)sc2c1. The number of aliphatic hydroxyl groups excluding tert-OH is 1. The summed E-state index contributed by atoms with van der Waals surface area (Å²) < 4.78 is 6.17. The van der Waals surface area contributed by atoms with Crippen LogP contribution in [0.15, 0.2) is 76.6 Å². The molecule has 0 saturated carbocycles. The number of halogens is 1. The summed E-state index contributed by atoms with van der Waals surface area (Å²) >= 11 is 7.40. The van der Waals surface area contributed by atoms with Crippen LogP contribution in [-0.4, -0.2) is 21.8 Å². The van der Waals surface area contributed by atoms with Crippen LogP contribution in [0.25, 0.3) is 10.2 Å². The maximum absolute atomic E-state index is 13.2. The van der Waals surface area contributed by atoms with Crippen LogP contribution < -0.4 is 4.90 Å². The smallest absolute Gasteiger partial charge is 0.296 e. The number of hydrogen-bond donors (Lipinski definition) is 1. The lowest BCUT2D eigenvalue weighted by Crippen LogP contribution is -2.30. The third-order valence-electron chi connectivity index (χ3n) is 5.44. The number of nitrogens with zero attached hydrogens (tertiary/aromatic N) is 2. The molecule has 1 atom stereocenters. The second kappa shape index (κ2) is 7.93. The van der Waals surface area contributed by atoms with Gasteiger partial charge in [0.05, 0.1) is 28.1 Å². The lowest BCUT2D eigenvalue weighted by molar-refractivity contribution is -0.117. The molecule has 2 aromatic heterocycles. The van der Waals surface area contributed by atoms with E-state index in [-0.39, 0.29) is 11.3 Å². The number of furan rings is 1. The van der Waals surface area contributed by atoms with E-state index in [0.29, 0.717) is 15.7 Å². The topological polar surface area (TPSA) is 83.6 Å². The fourth-order valence-corrected chi connectivity index (χ4v) is 5.00. The highest BCUT2D eigenvalue weighted by Crippen LogP contribution is 2.44. The molecule has 0 spiro atoms. The lowest BCUT2D eigenvalue weighted by Gasteiger charge is -2.24. The van der Waals surface area contributed by atoms with Crippen LogP contribution in [0.5, 0.6) is 0 Å². The van der Waals surface area contributed by atoms with Gasteiger partial charge in [-0.05, 0) is 53.9 Å². The summed E-state index contributed by atoms with van der Waals surface area (Å²) in [7, 11) is 0. The van der Waals surface area contributed by atoms with Crippen molar-refractivity contribution in [3.05, 3.63) is 94.1 Å². The van der Waals surface area contributed by atoms with Gasteiger partial charge in [-0.15, -0.1) is 0 Å². The number of anilines is 1. The maximum Gasteiger partial charge on any atom is 0.296 e. The summed E-state index contributed by atoms with van der Waals surface area (Å²) in [5.74, 6) is -1.82. The number of Topliss-reactive ketones (excluding diaryl/α,β-unsaturated/α-hetero) is 1. The molecule has 4 aromatic rings. The molecule has 0 radical (unpaired) electrons. The van der Waals surface area contributed by atoms with Gasteiger partial charge in [0, 0.05) is 5.02 Å². The van der Waals surface area contributed by atoms with E-state index in [1.807, 2.05) is 18.2 Å². The molecule has 1 amide bonds. The summed E-state index contributed by atoms with van der Waals surface area (Å²) in [6.45, 7) is 2.07. The lowest BCUT2D eigenvalue weighted by atomic mass is 9.95. The molecular weight excluding hydrogens is 448 g/mol. The first-order valence-electron chi connectivity index (χ1n) is 9.97. The quantitative estimate of drug-likeness (QED) is 0.372. The van der Waals surface area contributed by atoms with Crippen molar-refractivity contribution in [3.8, 4) is 0 Å². The maximum atomic E-state index is 13.2. The Hall–Kier alpha value is -3.42. The monoisotopic (exact) mass is 464 g/mol. The molecule has 0 saturated heterocycles. The highest BCUT2D eigenvalue weighted by molar-refractivity contribution is 7.22.